The minimum Gasteiger partial charge on any atom is -0.325 e. The summed E-state index contributed by atoms with van der Waals surface area (Å²) in [5.41, 5.74) is 0.191. The molecule has 0 bridgehead atoms. The van der Waals surface area contributed by atoms with Crippen LogP contribution in [-0.2, 0) is 14.8 Å². The van der Waals surface area contributed by atoms with Gasteiger partial charge < -0.3 is 5.32 Å². The first-order valence-corrected chi connectivity index (χ1v) is 11.6. The molecule has 1 aliphatic heterocycles. The highest BCUT2D eigenvalue weighted by molar-refractivity contribution is 7.99. The van der Waals surface area contributed by atoms with E-state index in [4.69, 9.17) is 11.6 Å². The van der Waals surface area contributed by atoms with Gasteiger partial charge in [0.2, 0.25) is 15.9 Å². The van der Waals surface area contributed by atoms with Gasteiger partial charge in [-0.3, -0.25) is 4.79 Å². The van der Waals surface area contributed by atoms with E-state index in [1.807, 2.05) is 0 Å². The van der Waals surface area contributed by atoms with E-state index in [2.05, 4.69) is 5.32 Å². The van der Waals surface area contributed by atoms with Crippen molar-refractivity contribution in [1.29, 1.82) is 0 Å². The van der Waals surface area contributed by atoms with Gasteiger partial charge in [0.15, 0.2) is 0 Å². The zero-order valence-electron chi connectivity index (χ0n) is 15.2. The Morgan fingerprint density at radius 1 is 1.17 bits per heavy atom. The highest BCUT2D eigenvalue weighted by Crippen LogP contribution is 2.38. The summed E-state index contributed by atoms with van der Waals surface area (Å²) in [6.07, 6.45) is 1.03. The number of thioether (sulfide) groups is 1. The molecule has 0 aliphatic carbocycles. The van der Waals surface area contributed by atoms with Gasteiger partial charge in [0.1, 0.15) is 0 Å². The molecule has 2 aromatic carbocycles. The van der Waals surface area contributed by atoms with Gasteiger partial charge in [-0.15, -0.1) is 0 Å². The molecule has 0 aromatic heterocycles. The SMILES string of the molecule is O=C(Nc1cccc(Cl)c1SC(F)F)C1CCCN(S(=O)(=O)c2ccccc2)C1. The Hall–Kier alpha value is -1.68. The van der Waals surface area contributed by atoms with Crippen molar-refractivity contribution in [1.82, 2.24) is 4.31 Å². The van der Waals surface area contributed by atoms with Crippen molar-refractivity contribution in [3.05, 3.63) is 53.6 Å². The highest BCUT2D eigenvalue weighted by atomic mass is 35.5. The third kappa shape index (κ3) is 5.28. The lowest BCUT2D eigenvalue weighted by Crippen LogP contribution is -2.43. The molecule has 1 amide bonds. The van der Waals surface area contributed by atoms with Crippen LogP contribution < -0.4 is 5.32 Å². The Kier molecular flexibility index (Phi) is 7.15. The van der Waals surface area contributed by atoms with Gasteiger partial charge in [-0.1, -0.05) is 47.6 Å². The summed E-state index contributed by atoms with van der Waals surface area (Å²) in [5, 5.41) is 2.75. The molecule has 0 saturated carbocycles. The highest BCUT2D eigenvalue weighted by Gasteiger charge is 2.33. The summed E-state index contributed by atoms with van der Waals surface area (Å²) in [4.78, 5) is 13.0. The number of nitrogens with one attached hydrogen (secondary N) is 1. The maximum absolute atomic E-state index is 12.8. The summed E-state index contributed by atoms with van der Waals surface area (Å²) in [5.74, 6) is -3.70. The maximum atomic E-state index is 12.8. The number of carbonyl (C=O) groups is 1. The van der Waals surface area contributed by atoms with Crippen LogP contribution in [0.2, 0.25) is 5.02 Å². The molecular formula is C19H19ClF2N2O3S2. The molecule has 5 nitrogen and oxygen atoms in total. The van der Waals surface area contributed by atoms with E-state index in [1.54, 1.807) is 24.3 Å². The molecule has 1 saturated heterocycles. The second-order valence-electron chi connectivity index (χ2n) is 6.50. The molecule has 1 heterocycles. The smallest absolute Gasteiger partial charge is 0.289 e. The summed E-state index contributed by atoms with van der Waals surface area (Å²) < 4.78 is 52.6. The van der Waals surface area contributed by atoms with E-state index in [0.29, 0.717) is 19.4 Å². The van der Waals surface area contributed by atoms with Crippen molar-refractivity contribution >= 4 is 45.0 Å². The molecule has 10 heteroatoms. The largest absolute Gasteiger partial charge is 0.325 e. The van der Waals surface area contributed by atoms with E-state index in [-0.39, 0.29) is 38.8 Å². The molecule has 1 aliphatic rings. The standard InChI is InChI=1S/C19H19ClF2N2O3S2/c20-15-9-4-10-16(17(15)28-19(21)22)23-18(25)13-6-5-11-24(12-13)29(26,27)14-7-2-1-3-8-14/h1-4,7-10,13,19H,5-6,11-12H2,(H,23,25). The lowest BCUT2D eigenvalue weighted by atomic mass is 9.98. The van der Waals surface area contributed by atoms with Crippen LogP contribution in [0, 0.1) is 5.92 Å². The van der Waals surface area contributed by atoms with Gasteiger partial charge in [0.25, 0.3) is 5.76 Å². The van der Waals surface area contributed by atoms with Crippen LogP contribution in [0.3, 0.4) is 0 Å². The van der Waals surface area contributed by atoms with Crippen molar-refractivity contribution in [2.75, 3.05) is 18.4 Å². The number of hydrogen-bond acceptors (Lipinski definition) is 4. The molecule has 1 N–H and O–H groups in total. The van der Waals surface area contributed by atoms with Crippen LogP contribution >= 0.6 is 23.4 Å². The molecule has 0 radical (unpaired) electrons. The Balaban J connectivity index is 1.75. The second kappa shape index (κ2) is 9.42. The van der Waals surface area contributed by atoms with E-state index < -0.39 is 27.6 Å². The summed E-state index contributed by atoms with van der Waals surface area (Å²) in [7, 11) is -3.70. The van der Waals surface area contributed by atoms with E-state index in [9.17, 15) is 22.0 Å². The topological polar surface area (TPSA) is 66.5 Å². The summed E-state index contributed by atoms with van der Waals surface area (Å²) in [6, 6.07) is 12.6. The lowest BCUT2D eigenvalue weighted by molar-refractivity contribution is -0.120. The first-order chi connectivity index (χ1) is 13.8. The van der Waals surface area contributed by atoms with E-state index in [0.717, 1.165) is 0 Å². The van der Waals surface area contributed by atoms with Gasteiger partial charge >= 0.3 is 0 Å². The van der Waals surface area contributed by atoms with Crippen LogP contribution in [0.25, 0.3) is 0 Å². The van der Waals surface area contributed by atoms with Crippen LogP contribution in [-0.4, -0.2) is 37.5 Å². The third-order valence-corrected chi connectivity index (χ3v) is 7.73. The number of halogens is 3. The number of nitrogens with zero attached hydrogens (tertiary/aromatic N) is 1. The minimum atomic E-state index is -3.70. The number of anilines is 1. The molecule has 0 spiro atoms. The zero-order valence-corrected chi connectivity index (χ0v) is 17.6. The maximum Gasteiger partial charge on any atom is 0.289 e. The predicted octanol–water partition coefficient (Wildman–Crippen LogP) is 4.69. The van der Waals surface area contributed by atoms with Gasteiger partial charge in [-0.2, -0.15) is 13.1 Å². The quantitative estimate of drug-likeness (QED) is 0.635. The number of carbonyl (C=O) groups excluding carboxylic acids is 1. The number of amides is 1. The van der Waals surface area contributed by atoms with Gasteiger partial charge in [0, 0.05) is 13.1 Å². The molecular weight excluding hydrogens is 442 g/mol. The normalized spacial score (nSPS) is 18.0. The zero-order chi connectivity index (χ0) is 21.0. The first kappa shape index (κ1) is 22.0. The lowest BCUT2D eigenvalue weighted by Gasteiger charge is -2.31. The third-order valence-electron chi connectivity index (χ3n) is 4.57. The molecule has 1 atom stereocenters. The second-order valence-corrected chi connectivity index (χ2v) is 9.84. The number of rotatable bonds is 6. The van der Waals surface area contributed by atoms with Crippen molar-refractivity contribution < 1.29 is 22.0 Å². The minimum absolute atomic E-state index is 0.0287. The van der Waals surface area contributed by atoms with Crippen LogP contribution in [0.1, 0.15) is 12.8 Å². The fourth-order valence-corrected chi connectivity index (χ4v) is 5.63. The van der Waals surface area contributed by atoms with Crippen LogP contribution in [0.15, 0.2) is 58.3 Å². The molecule has 1 unspecified atom stereocenters. The average Bonchev–Trinajstić information content (AvgIpc) is 2.71. The molecule has 156 valence electrons. The average molecular weight is 461 g/mol. The summed E-state index contributed by atoms with van der Waals surface area (Å²) in [6.45, 7) is 0.353. The van der Waals surface area contributed by atoms with Crippen molar-refractivity contribution in [2.24, 2.45) is 5.92 Å². The van der Waals surface area contributed by atoms with E-state index >= 15 is 0 Å². The van der Waals surface area contributed by atoms with Gasteiger partial charge in [-0.25, -0.2) is 8.42 Å². The molecule has 29 heavy (non-hydrogen) atoms. The molecule has 3 rings (SSSR count). The fraction of sp³-hybridized carbons (Fsp3) is 0.316. The number of benzene rings is 2. The Bertz CT molecular complexity index is 975. The number of piperidine rings is 1. The van der Waals surface area contributed by atoms with Crippen molar-refractivity contribution in [3.8, 4) is 0 Å². The van der Waals surface area contributed by atoms with E-state index in [1.165, 1.54) is 28.6 Å². The monoisotopic (exact) mass is 460 g/mol. The van der Waals surface area contributed by atoms with Crippen LogP contribution in [0.5, 0.6) is 0 Å². The van der Waals surface area contributed by atoms with Crippen molar-refractivity contribution in [2.45, 2.75) is 28.4 Å². The predicted molar refractivity (Wildman–Crippen MR) is 110 cm³/mol. The number of sulfonamides is 1. The molecule has 2 aromatic rings. The summed E-state index contributed by atoms with van der Waals surface area (Å²) >= 11 is 6.26. The Morgan fingerprint density at radius 3 is 2.59 bits per heavy atom. The van der Waals surface area contributed by atoms with Crippen LogP contribution in [0.4, 0.5) is 14.5 Å². The van der Waals surface area contributed by atoms with Gasteiger partial charge in [0.05, 0.1) is 26.4 Å². The van der Waals surface area contributed by atoms with Gasteiger partial charge in [-0.05, 0) is 37.1 Å². The number of hydrogen-bond donors (Lipinski definition) is 1. The number of alkyl halides is 2. The first-order valence-electron chi connectivity index (χ1n) is 8.88. The molecule has 1 fully saturated rings. The Morgan fingerprint density at radius 2 is 1.90 bits per heavy atom. The fourth-order valence-electron chi connectivity index (χ4n) is 3.17. The van der Waals surface area contributed by atoms with Crippen molar-refractivity contribution in [3.63, 3.8) is 0 Å². The Labute approximate surface area is 177 Å².